The molecule has 0 unspecified atom stereocenters. The van der Waals surface area contributed by atoms with Crippen molar-refractivity contribution in [3.05, 3.63) is 70.3 Å². The maximum Gasteiger partial charge on any atom is 0.295 e. The van der Waals surface area contributed by atoms with E-state index < -0.39 is 17.7 Å². The Hall–Kier alpha value is -3.12. The lowest BCUT2D eigenvalue weighted by atomic mass is 9.85. The summed E-state index contributed by atoms with van der Waals surface area (Å²) in [5.41, 5.74) is 3.43. The van der Waals surface area contributed by atoms with Crippen molar-refractivity contribution in [3.63, 3.8) is 0 Å². The minimum Gasteiger partial charge on any atom is -0.507 e. The molecular formula is C30H40N2O4. The van der Waals surface area contributed by atoms with Crippen LogP contribution in [0.1, 0.15) is 68.8 Å². The van der Waals surface area contributed by atoms with Gasteiger partial charge in [0.1, 0.15) is 11.5 Å². The molecule has 194 valence electrons. The zero-order valence-corrected chi connectivity index (χ0v) is 22.7. The van der Waals surface area contributed by atoms with E-state index in [2.05, 4.69) is 27.7 Å². The first-order chi connectivity index (χ1) is 17.0. The summed E-state index contributed by atoms with van der Waals surface area (Å²) in [6, 6.07) is 12.7. The number of hydrogen-bond acceptors (Lipinski definition) is 5. The van der Waals surface area contributed by atoms with Crippen molar-refractivity contribution in [2.45, 2.75) is 58.9 Å². The van der Waals surface area contributed by atoms with Gasteiger partial charge in [0, 0.05) is 18.7 Å². The molecule has 2 aromatic carbocycles. The minimum absolute atomic E-state index is 0.0241. The molecule has 0 bridgehead atoms. The van der Waals surface area contributed by atoms with Gasteiger partial charge in [-0.1, -0.05) is 58.4 Å². The highest BCUT2D eigenvalue weighted by Gasteiger charge is 2.46. The zero-order chi connectivity index (χ0) is 26.6. The average Bonchev–Trinajstić information content (AvgIpc) is 3.07. The summed E-state index contributed by atoms with van der Waals surface area (Å²) < 4.78 is 5.84. The van der Waals surface area contributed by atoms with Gasteiger partial charge in [-0.25, -0.2) is 0 Å². The van der Waals surface area contributed by atoms with E-state index in [-0.39, 0.29) is 16.7 Å². The summed E-state index contributed by atoms with van der Waals surface area (Å²) in [6.07, 6.45) is 2.01. The first kappa shape index (κ1) is 27.5. The van der Waals surface area contributed by atoms with E-state index in [1.165, 1.54) is 0 Å². The van der Waals surface area contributed by atoms with E-state index in [9.17, 15) is 14.7 Å². The van der Waals surface area contributed by atoms with Crippen LogP contribution in [-0.4, -0.2) is 60.4 Å². The lowest BCUT2D eigenvalue weighted by molar-refractivity contribution is -0.140. The SMILES string of the molecule is CCCCOc1ccc(/C(O)=C2\C(=O)C(=O)N(CCN(C)C)[C@@H]2c2ccc(C(C)(C)C)cc2)cc1C. The van der Waals surface area contributed by atoms with Gasteiger partial charge in [0.15, 0.2) is 0 Å². The van der Waals surface area contributed by atoms with E-state index in [4.69, 9.17) is 4.74 Å². The summed E-state index contributed by atoms with van der Waals surface area (Å²) in [6.45, 7) is 12.1. The lowest BCUT2D eigenvalue weighted by Crippen LogP contribution is -2.35. The molecule has 1 heterocycles. The Morgan fingerprint density at radius 2 is 1.75 bits per heavy atom. The van der Waals surface area contributed by atoms with Gasteiger partial charge in [0.25, 0.3) is 11.7 Å². The monoisotopic (exact) mass is 492 g/mol. The number of likely N-dealkylation sites (tertiary alicyclic amines) is 1. The van der Waals surface area contributed by atoms with Crippen molar-refractivity contribution in [3.8, 4) is 5.75 Å². The van der Waals surface area contributed by atoms with Crippen LogP contribution >= 0.6 is 0 Å². The van der Waals surface area contributed by atoms with Gasteiger partial charge < -0.3 is 19.6 Å². The summed E-state index contributed by atoms with van der Waals surface area (Å²) >= 11 is 0. The van der Waals surface area contributed by atoms with Crippen LogP contribution in [0.4, 0.5) is 0 Å². The third kappa shape index (κ3) is 5.98. The van der Waals surface area contributed by atoms with Crippen LogP contribution in [0.2, 0.25) is 0 Å². The lowest BCUT2D eigenvalue weighted by Gasteiger charge is -2.27. The Morgan fingerprint density at radius 1 is 1.08 bits per heavy atom. The number of aliphatic hydroxyl groups is 1. The number of aliphatic hydroxyl groups excluding tert-OH is 1. The molecule has 6 heteroatoms. The first-order valence-corrected chi connectivity index (χ1v) is 12.7. The second kappa shape index (κ2) is 11.3. The van der Waals surface area contributed by atoms with Gasteiger partial charge in [0.2, 0.25) is 0 Å². The maximum absolute atomic E-state index is 13.3. The number of aryl methyl sites for hydroxylation is 1. The van der Waals surface area contributed by atoms with Gasteiger partial charge in [-0.15, -0.1) is 0 Å². The molecule has 1 N–H and O–H groups in total. The minimum atomic E-state index is -0.655. The summed E-state index contributed by atoms with van der Waals surface area (Å²) in [4.78, 5) is 29.9. The van der Waals surface area contributed by atoms with Crippen molar-refractivity contribution >= 4 is 17.4 Å². The zero-order valence-electron chi connectivity index (χ0n) is 22.7. The summed E-state index contributed by atoms with van der Waals surface area (Å²) in [5.74, 6) is -0.647. The van der Waals surface area contributed by atoms with Crippen molar-refractivity contribution in [1.82, 2.24) is 9.80 Å². The molecule has 36 heavy (non-hydrogen) atoms. The van der Waals surface area contributed by atoms with Crippen LogP contribution in [-0.2, 0) is 15.0 Å². The summed E-state index contributed by atoms with van der Waals surface area (Å²) in [7, 11) is 3.85. The number of benzene rings is 2. The number of Topliss-reactive ketones (excluding diaryl/α,β-unsaturated/α-hetero) is 1. The van der Waals surface area contributed by atoms with Crippen molar-refractivity contribution < 1.29 is 19.4 Å². The fourth-order valence-corrected chi connectivity index (χ4v) is 4.37. The number of carbonyl (C=O) groups is 2. The second-order valence-electron chi connectivity index (χ2n) is 10.9. The first-order valence-electron chi connectivity index (χ1n) is 12.7. The maximum atomic E-state index is 13.3. The molecule has 1 amide bonds. The Bertz CT molecular complexity index is 1130. The molecule has 1 aliphatic heterocycles. The van der Waals surface area contributed by atoms with Gasteiger partial charge >= 0.3 is 0 Å². The number of nitrogens with zero attached hydrogens (tertiary/aromatic N) is 2. The average molecular weight is 493 g/mol. The predicted molar refractivity (Wildman–Crippen MR) is 144 cm³/mol. The standard InChI is InChI=1S/C30H40N2O4/c1-8-9-18-36-24-15-12-22(19-20(24)2)27(33)25-26(21-10-13-23(14-11-21)30(3,4)5)32(17-16-31(6)7)29(35)28(25)34/h10-15,19,26,33H,8-9,16-18H2,1-7H3/b27-25+/t26-/m1/s1. The Morgan fingerprint density at radius 3 is 2.31 bits per heavy atom. The largest absolute Gasteiger partial charge is 0.507 e. The van der Waals surface area contributed by atoms with Crippen LogP contribution < -0.4 is 4.74 Å². The molecule has 1 aliphatic rings. The summed E-state index contributed by atoms with van der Waals surface area (Å²) in [5, 5.41) is 11.4. The van der Waals surface area contributed by atoms with Gasteiger partial charge in [-0.05, 0) is 67.7 Å². The number of ketones is 1. The van der Waals surface area contributed by atoms with E-state index in [0.29, 0.717) is 25.3 Å². The van der Waals surface area contributed by atoms with Crippen LogP contribution in [0.15, 0.2) is 48.0 Å². The van der Waals surface area contributed by atoms with Crippen molar-refractivity contribution in [1.29, 1.82) is 0 Å². The van der Waals surface area contributed by atoms with Crippen LogP contribution in [0.3, 0.4) is 0 Å². The van der Waals surface area contributed by atoms with Crippen LogP contribution in [0.5, 0.6) is 5.75 Å². The van der Waals surface area contributed by atoms with Crippen LogP contribution in [0.25, 0.3) is 5.76 Å². The third-order valence-corrected chi connectivity index (χ3v) is 6.62. The molecule has 0 saturated carbocycles. The molecule has 6 nitrogen and oxygen atoms in total. The Balaban J connectivity index is 2.07. The quantitative estimate of drug-likeness (QED) is 0.218. The van der Waals surface area contributed by atoms with Crippen molar-refractivity contribution in [2.24, 2.45) is 0 Å². The molecule has 1 atom stereocenters. The van der Waals surface area contributed by atoms with Gasteiger partial charge in [0.05, 0.1) is 18.2 Å². The topological polar surface area (TPSA) is 70.1 Å². The van der Waals surface area contributed by atoms with E-state index in [1.807, 2.05) is 62.3 Å². The smallest absolute Gasteiger partial charge is 0.295 e. The number of hydrogen-bond donors (Lipinski definition) is 1. The number of rotatable bonds is 9. The molecule has 1 saturated heterocycles. The van der Waals surface area contributed by atoms with Crippen molar-refractivity contribution in [2.75, 3.05) is 33.8 Å². The number of carbonyl (C=O) groups excluding carboxylic acids is 2. The second-order valence-corrected chi connectivity index (χ2v) is 10.9. The molecular weight excluding hydrogens is 452 g/mol. The highest BCUT2D eigenvalue weighted by molar-refractivity contribution is 6.46. The van der Waals surface area contributed by atoms with Gasteiger partial charge in [-0.2, -0.15) is 0 Å². The number of unbranched alkanes of at least 4 members (excludes halogenated alkanes) is 1. The van der Waals surface area contributed by atoms with E-state index >= 15 is 0 Å². The predicted octanol–water partition coefficient (Wildman–Crippen LogP) is 5.45. The normalized spacial score (nSPS) is 17.8. The Kier molecular flexibility index (Phi) is 8.62. The van der Waals surface area contributed by atoms with E-state index in [1.54, 1.807) is 11.0 Å². The fraction of sp³-hybridized carbons (Fsp3) is 0.467. The molecule has 0 aromatic heterocycles. The molecule has 3 rings (SSSR count). The molecule has 0 radical (unpaired) electrons. The van der Waals surface area contributed by atoms with Gasteiger partial charge in [-0.3, -0.25) is 9.59 Å². The number of likely N-dealkylation sites (N-methyl/N-ethyl adjacent to an activating group) is 1. The Labute approximate surface area is 215 Å². The highest BCUT2D eigenvalue weighted by atomic mass is 16.5. The fourth-order valence-electron chi connectivity index (χ4n) is 4.37. The molecule has 0 spiro atoms. The molecule has 2 aromatic rings. The third-order valence-electron chi connectivity index (χ3n) is 6.62. The highest BCUT2D eigenvalue weighted by Crippen LogP contribution is 2.40. The van der Waals surface area contributed by atoms with Crippen LogP contribution in [0, 0.1) is 6.92 Å². The molecule has 0 aliphatic carbocycles. The number of amides is 1. The number of ether oxygens (including phenoxy) is 1. The van der Waals surface area contributed by atoms with E-state index in [0.717, 1.165) is 35.3 Å². The molecule has 1 fully saturated rings.